The summed E-state index contributed by atoms with van der Waals surface area (Å²) in [4.78, 5) is 0. The second-order valence-corrected chi connectivity index (χ2v) is 11.3. The molecule has 0 fully saturated rings. The fraction of sp³-hybridized carbons (Fsp3) is 0. The Kier molecular flexibility index (Phi) is 2.42. The Bertz CT molecular complexity index is 4670. The lowest BCUT2D eigenvalue weighted by Gasteiger charge is -2.19. The van der Waals surface area contributed by atoms with Crippen molar-refractivity contribution in [3.05, 3.63) is 181 Å². The van der Waals surface area contributed by atoms with Crippen molar-refractivity contribution in [2.24, 2.45) is 0 Å². The number of rotatable bonds is 4. The molecule has 0 aliphatic rings. The van der Waals surface area contributed by atoms with Crippen molar-refractivity contribution in [3.63, 3.8) is 0 Å². The molecule has 0 N–H and O–H groups in total. The average Bonchev–Trinajstić information content (AvgIpc) is 3.25. The molecule has 0 aliphatic heterocycles. The molecule has 0 saturated carbocycles. The van der Waals surface area contributed by atoms with Gasteiger partial charge >= 0.3 is 0 Å². The Hall–Kier alpha value is -6.50. The highest BCUT2D eigenvalue weighted by molar-refractivity contribution is 6.27. The smallest absolute Gasteiger partial charge is 0.0622 e. The SMILES string of the molecule is [2H]c1c(-c2c([2H])c([2H])c3c([2H])c([2H])c4c([2H])c([2H])c([2H])c5c([2H])c([2H])c2c3c45)cc(-c2c([2H])c([2H])c([2H])c([2H])c2[2H])c(-c2c([2H])c([2H])c([2H])c([2H])c2-c2c([2H])c([2H])c3c([2H])c([2H])c4c([2H])c([2H])c([2H])c5c([2H])c([2H])c2c3c45)c1[2H]. The molecular weight excluding hydrogens is 601 g/mol. The molecule has 0 radical (unpaired) electrons. The van der Waals surface area contributed by atoms with Crippen molar-refractivity contribution in [1.82, 2.24) is 0 Å². The van der Waals surface area contributed by atoms with Crippen LogP contribution in [0.2, 0.25) is 0 Å². The summed E-state index contributed by atoms with van der Waals surface area (Å²) in [6, 6.07) is -24.8. The van der Waals surface area contributed by atoms with Crippen LogP contribution in [0.3, 0.4) is 0 Å². The zero-order valence-corrected chi connectivity index (χ0v) is 25.1. The summed E-state index contributed by atoms with van der Waals surface area (Å²) in [7, 11) is 0. The minimum atomic E-state index is -1.12. The molecule has 0 atom stereocenters. The van der Waals surface area contributed by atoms with Crippen LogP contribution in [-0.2, 0) is 0 Å². The Balaban J connectivity index is 1.40. The van der Waals surface area contributed by atoms with Gasteiger partial charge in [-0.05, 0) is 115 Å². The van der Waals surface area contributed by atoms with E-state index in [1.54, 1.807) is 0 Å². The highest BCUT2D eigenvalue weighted by atomic mass is 14.2. The summed E-state index contributed by atoms with van der Waals surface area (Å²) in [6.45, 7) is 0. The lowest BCUT2D eigenvalue weighted by atomic mass is 9.84. The zero-order chi connectivity index (χ0) is 58.0. The van der Waals surface area contributed by atoms with Gasteiger partial charge in [-0.25, -0.2) is 0 Å². The van der Waals surface area contributed by atoms with Gasteiger partial charge in [0, 0.05) is 0 Å². The fourth-order valence-corrected chi connectivity index (χ4v) is 6.57. The first-order valence-corrected chi connectivity index (χ1v) is 15.1. The van der Waals surface area contributed by atoms with Crippen LogP contribution in [0.5, 0.6) is 0 Å². The zero-order valence-electron chi connectivity index (χ0n) is 54.1. The molecule has 0 aliphatic carbocycles. The van der Waals surface area contributed by atoms with Gasteiger partial charge in [0.1, 0.15) is 0 Å². The van der Waals surface area contributed by atoms with Crippen molar-refractivity contribution in [3.8, 4) is 44.5 Å². The first kappa shape index (κ1) is 11.5. The first-order chi connectivity index (χ1) is 36.9. The van der Waals surface area contributed by atoms with E-state index in [0.29, 0.717) is 0 Å². The third kappa shape index (κ3) is 3.94. The van der Waals surface area contributed by atoms with E-state index in [1.807, 2.05) is 0 Å². The number of hydrogen-bond donors (Lipinski definition) is 0. The second kappa shape index (κ2) is 10.5. The van der Waals surface area contributed by atoms with Crippen molar-refractivity contribution in [1.29, 1.82) is 0 Å². The van der Waals surface area contributed by atoms with Crippen molar-refractivity contribution >= 4 is 64.6 Å². The Labute approximate surface area is 330 Å². The van der Waals surface area contributed by atoms with Crippen LogP contribution in [0.4, 0.5) is 0 Å². The van der Waals surface area contributed by atoms with Gasteiger partial charge in [0.2, 0.25) is 0 Å². The van der Waals surface area contributed by atoms with E-state index in [2.05, 4.69) is 0 Å². The summed E-state index contributed by atoms with van der Waals surface area (Å²) >= 11 is 0. The molecule has 0 bridgehead atoms. The van der Waals surface area contributed by atoms with E-state index >= 15 is 0 Å². The lowest BCUT2D eigenvalue weighted by molar-refractivity contribution is 1.57. The summed E-state index contributed by atoms with van der Waals surface area (Å²) in [5, 5.41) is -5.16. The standard InChI is InChI=1S/C50H30/c1-2-8-31(9-3-1)46-30-38(39-25-20-36-18-16-32-10-6-12-34-22-28-44(39)49(36)47(32)34)24-27-43(46)41-15-5-4-14-40(41)42-26-21-37-19-17-33-11-7-13-35-23-29-45(42)50(37)48(33)35/h1-30H/i1D,2D,3D,4D,5D,6D,7D,8D,9D,10D,11D,12D,13D,14D,15D,16D,17D,18D,19D,20D,21D,22D,23D,24D,25D,26D,27D,28D,29D. The molecule has 0 aromatic heterocycles. The quantitative estimate of drug-likeness (QED) is 0.165. The summed E-state index contributed by atoms with van der Waals surface area (Å²) in [5.74, 6) is 0. The van der Waals surface area contributed by atoms with Crippen LogP contribution >= 0.6 is 0 Å². The molecule has 11 aromatic rings. The van der Waals surface area contributed by atoms with E-state index < -0.39 is 263 Å². The third-order valence-corrected chi connectivity index (χ3v) is 8.73. The highest BCUT2D eigenvalue weighted by Gasteiger charge is 2.19. The van der Waals surface area contributed by atoms with E-state index in [9.17, 15) is 19.2 Å². The largest absolute Gasteiger partial charge is 0.0630 e. The molecule has 0 nitrogen and oxygen atoms in total. The van der Waals surface area contributed by atoms with Gasteiger partial charge in [-0.1, -0.05) is 175 Å². The Morgan fingerprint density at radius 1 is 0.240 bits per heavy atom. The summed E-state index contributed by atoms with van der Waals surface area (Å²) < 4.78 is 265. The van der Waals surface area contributed by atoms with E-state index in [1.165, 1.54) is 0 Å². The predicted molar refractivity (Wildman–Crippen MR) is 216 cm³/mol. The maximum Gasteiger partial charge on any atom is 0.0630 e. The van der Waals surface area contributed by atoms with Gasteiger partial charge in [0.25, 0.3) is 0 Å². The average molecular weight is 660 g/mol. The van der Waals surface area contributed by atoms with Gasteiger partial charge in [-0.3, -0.25) is 0 Å². The number of hydrogen-bond acceptors (Lipinski definition) is 0. The van der Waals surface area contributed by atoms with Crippen LogP contribution in [-0.4, -0.2) is 0 Å². The van der Waals surface area contributed by atoms with Crippen LogP contribution in [0, 0.1) is 0 Å². The van der Waals surface area contributed by atoms with Gasteiger partial charge in [0.15, 0.2) is 0 Å². The van der Waals surface area contributed by atoms with Crippen molar-refractivity contribution in [2.75, 3.05) is 0 Å². The maximum absolute atomic E-state index is 9.99. The monoisotopic (exact) mass is 659 g/mol. The normalized spacial score (nSPS) is 20.1. The van der Waals surface area contributed by atoms with Gasteiger partial charge in [0.05, 0.1) is 39.8 Å². The van der Waals surface area contributed by atoms with Gasteiger partial charge in [-0.15, -0.1) is 0 Å². The second-order valence-electron chi connectivity index (χ2n) is 11.3. The minimum absolute atomic E-state index is 0.287. The van der Waals surface area contributed by atoms with E-state index in [0.717, 1.165) is 6.07 Å². The predicted octanol–water partition coefficient (Wildman–Crippen LogP) is 14.1. The fourth-order valence-electron chi connectivity index (χ4n) is 6.57. The van der Waals surface area contributed by atoms with Gasteiger partial charge < -0.3 is 0 Å². The van der Waals surface area contributed by atoms with Gasteiger partial charge in [-0.2, -0.15) is 0 Å². The summed E-state index contributed by atoms with van der Waals surface area (Å²) in [6.07, 6.45) is 0. The molecular formula is C50H30. The molecule has 0 amide bonds. The number of benzene rings is 11. The molecule has 0 heterocycles. The molecule has 0 saturated heterocycles. The molecule has 50 heavy (non-hydrogen) atoms. The molecule has 0 heteroatoms. The van der Waals surface area contributed by atoms with E-state index in [-0.39, 0.29) is 21.5 Å². The molecule has 11 rings (SSSR count). The van der Waals surface area contributed by atoms with Crippen LogP contribution in [0.15, 0.2) is 181 Å². The minimum Gasteiger partial charge on any atom is -0.0622 e. The molecule has 230 valence electrons. The van der Waals surface area contributed by atoms with Crippen LogP contribution in [0.25, 0.3) is 109 Å². The topological polar surface area (TPSA) is 0 Å². The van der Waals surface area contributed by atoms with Crippen molar-refractivity contribution < 1.29 is 39.8 Å². The molecule has 0 unspecified atom stereocenters. The first-order valence-electron chi connectivity index (χ1n) is 29.6. The summed E-state index contributed by atoms with van der Waals surface area (Å²) in [5.41, 5.74) is -6.11. The Morgan fingerprint density at radius 2 is 0.660 bits per heavy atom. The van der Waals surface area contributed by atoms with Crippen LogP contribution < -0.4 is 0 Å². The van der Waals surface area contributed by atoms with E-state index in [4.69, 9.17) is 20.6 Å². The Morgan fingerprint density at radius 3 is 1.26 bits per heavy atom. The lowest BCUT2D eigenvalue weighted by Crippen LogP contribution is -1.93. The highest BCUT2D eigenvalue weighted by Crippen LogP contribution is 2.46. The third-order valence-electron chi connectivity index (χ3n) is 8.73. The van der Waals surface area contributed by atoms with Crippen LogP contribution in [0.1, 0.15) is 39.8 Å². The molecule has 11 aromatic carbocycles. The maximum atomic E-state index is 9.99. The van der Waals surface area contributed by atoms with Crippen molar-refractivity contribution in [2.45, 2.75) is 0 Å². The molecule has 0 spiro atoms.